The van der Waals surface area contributed by atoms with Crippen LogP contribution in [0.1, 0.15) is 29.6 Å². The van der Waals surface area contributed by atoms with E-state index in [2.05, 4.69) is 20.9 Å². The number of amides is 1. The molecule has 4 heteroatoms. The fourth-order valence-corrected chi connectivity index (χ4v) is 3.23. The second-order valence-electron chi connectivity index (χ2n) is 4.68. The minimum Gasteiger partial charge on any atom is -0.335 e. The van der Waals surface area contributed by atoms with E-state index in [1.807, 2.05) is 11.0 Å². The van der Waals surface area contributed by atoms with E-state index in [4.69, 9.17) is 0 Å². The number of piperidine rings is 1. The molecule has 2 aliphatic rings. The van der Waals surface area contributed by atoms with E-state index >= 15 is 0 Å². The molecular weight excluding hydrogens is 268 g/mol. The molecular formula is C12H13BrN2O. The summed E-state index contributed by atoms with van der Waals surface area (Å²) in [6, 6.07) is 2.33. The number of aromatic nitrogens is 1. The highest BCUT2D eigenvalue weighted by Crippen LogP contribution is 2.38. The van der Waals surface area contributed by atoms with E-state index in [1.165, 1.54) is 19.3 Å². The largest absolute Gasteiger partial charge is 0.335 e. The molecule has 0 spiro atoms. The first-order valence-electron chi connectivity index (χ1n) is 5.65. The smallest absolute Gasteiger partial charge is 0.255 e. The Morgan fingerprint density at radius 2 is 2.31 bits per heavy atom. The zero-order valence-corrected chi connectivity index (χ0v) is 10.5. The lowest BCUT2D eigenvalue weighted by Crippen LogP contribution is -2.37. The van der Waals surface area contributed by atoms with Crippen molar-refractivity contribution in [2.45, 2.75) is 25.3 Å². The number of rotatable bonds is 1. The van der Waals surface area contributed by atoms with Crippen molar-refractivity contribution in [1.82, 2.24) is 9.88 Å². The highest BCUT2D eigenvalue weighted by Gasteiger charge is 2.40. The number of nitrogens with zero attached hydrogens (tertiary/aromatic N) is 2. The first-order chi connectivity index (χ1) is 7.74. The van der Waals surface area contributed by atoms with Gasteiger partial charge in [-0.05, 0) is 47.2 Å². The minimum atomic E-state index is 0.140. The van der Waals surface area contributed by atoms with Crippen molar-refractivity contribution >= 4 is 21.8 Å². The van der Waals surface area contributed by atoms with Crippen LogP contribution in [-0.4, -0.2) is 28.4 Å². The van der Waals surface area contributed by atoms with Gasteiger partial charge in [0.15, 0.2) is 0 Å². The Hall–Kier alpha value is -0.900. The molecule has 84 valence electrons. The van der Waals surface area contributed by atoms with Gasteiger partial charge in [0, 0.05) is 29.5 Å². The van der Waals surface area contributed by atoms with Gasteiger partial charge < -0.3 is 4.90 Å². The SMILES string of the molecule is O=C(c1cncc(Br)c1)N1CC2CCC1C2. The molecule has 16 heavy (non-hydrogen) atoms. The molecule has 2 unspecified atom stereocenters. The third-order valence-corrected chi connectivity index (χ3v) is 4.06. The lowest BCUT2D eigenvalue weighted by atomic mass is 10.1. The quantitative estimate of drug-likeness (QED) is 0.792. The molecule has 2 atom stereocenters. The van der Waals surface area contributed by atoms with E-state index < -0.39 is 0 Å². The predicted molar refractivity (Wildman–Crippen MR) is 64.1 cm³/mol. The van der Waals surface area contributed by atoms with Gasteiger partial charge in [0.1, 0.15) is 0 Å². The number of hydrogen-bond acceptors (Lipinski definition) is 2. The van der Waals surface area contributed by atoms with Crippen LogP contribution in [0.3, 0.4) is 0 Å². The molecule has 2 bridgehead atoms. The van der Waals surface area contributed by atoms with Gasteiger partial charge in [-0.15, -0.1) is 0 Å². The lowest BCUT2D eigenvalue weighted by molar-refractivity contribution is 0.0703. The maximum absolute atomic E-state index is 12.3. The van der Waals surface area contributed by atoms with Crippen molar-refractivity contribution in [3.05, 3.63) is 28.5 Å². The summed E-state index contributed by atoms with van der Waals surface area (Å²) in [5.74, 6) is 0.884. The van der Waals surface area contributed by atoms with Crippen LogP contribution in [0.5, 0.6) is 0 Å². The molecule has 3 nitrogen and oxygen atoms in total. The summed E-state index contributed by atoms with van der Waals surface area (Å²) in [6.07, 6.45) is 7.03. The molecule has 0 N–H and O–H groups in total. The third-order valence-electron chi connectivity index (χ3n) is 3.62. The molecule has 1 aliphatic heterocycles. The van der Waals surface area contributed by atoms with Gasteiger partial charge in [-0.2, -0.15) is 0 Å². The summed E-state index contributed by atoms with van der Waals surface area (Å²) in [6.45, 7) is 0.940. The van der Waals surface area contributed by atoms with Gasteiger partial charge in [0.2, 0.25) is 0 Å². The first-order valence-corrected chi connectivity index (χ1v) is 6.45. The van der Waals surface area contributed by atoms with Crippen LogP contribution in [0.2, 0.25) is 0 Å². The van der Waals surface area contributed by atoms with Gasteiger partial charge in [0.05, 0.1) is 5.56 Å². The van der Waals surface area contributed by atoms with Crippen LogP contribution < -0.4 is 0 Å². The summed E-state index contributed by atoms with van der Waals surface area (Å²) in [4.78, 5) is 18.3. The van der Waals surface area contributed by atoms with Crippen LogP contribution in [-0.2, 0) is 0 Å². The van der Waals surface area contributed by atoms with Gasteiger partial charge in [-0.25, -0.2) is 0 Å². The summed E-state index contributed by atoms with van der Waals surface area (Å²) in [5.41, 5.74) is 0.696. The van der Waals surface area contributed by atoms with Crippen LogP contribution >= 0.6 is 15.9 Å². The molecule has 2 fully saturated rings. The van der Waals surface area contributed by atoms with E-state index in [9.17, 15) is 4.79 Å². The number of likely N-dealkylation sites (tertiary alicyclic amines) is 1. The van der Waals surface area contributed by atoms with E-state index in [0.717, 1.165) is 16.9 Å². The van der Waals surface area contributed by atoms with Gasteiger partial charge in [0.25, 0.3) is 5.91 Å². The third kappa shape index (κ3) is 1.65. The molecule has 3 rings (SSSR count). The molecule has 1 aliphatic carbocycles. The number of pyridine rings is 1. The van der Waals surface area contributed by atoms with E-state index in [1.54, 1.807) is 12.4 Å². The Kier molecular flexibility index (Phi) is 2.46. The number of carbonyl (C=O) groups is 1. The second kappa shape index (κ2) is 3.84. The Balaban J connectivity index is 1.83. The van der Waals surface area contributed by atoms with Gasteiger partial charge >= 0.3 is 0 Å². The molecule has 1 amide bonds. The average molecular weight is 281 g/mol. The highest BCUT2D eigenvalue weighted by molar-refractivity contribution is 9.10. The monoisotopic (exact) mass is 280 g/mol. The fraction of sp³-hybridized carbons (Fsp3) is 0.500. The van der Waals surface area contributed by atoms with Crippen LogP contribution in [0.25, 0.3) is 0 Å². The Morgan fingerprint density at radius 1 is 1.44 bits per heavy atom. The number of fused-ring (bicyclic) bond motifs is 2. The van der Waals surface area contributed by atoms with Gasteiger partial charge in [-0.1, -0.05) is 0 Å². The topological polar surface area (TPSA) is 33.2 Å². The van der Waals surface area contributed by atoms with E-state index in [0.29, 0.717) is 11.6 Å². The van der Waals surface area contributed by atoms with Crippen molar-refractivity contribution in [3.8, 4) is 0 Å². The molecule has 1 saturated carbocycles. The molecule has 1 saturated heterocycles. The summed E-state index contributed by atoms with van der Waals surface area (Å²) >= 11 is 3.35. The summed E-state index contributed by atoms with van der Waals surface area (Å²) in [7, 11) is 0. The minimum absolute atomic E-state index is 0.140. The standard InChI is InChI=1S/C12H13BrN2O/c13-10-4-9(5-14-6-10)12(16)15-7-8-1-2-11(15)3-8/h4-6,8,11H,1-3,7H2. The van der Waals surface area contributed by atoms with Crippen molar-refractivity contribution < 1.29 is 4.79 Å². The fourth-order valence-electron chi connectivity index (χ4n) is 2.87. The van der Waals surface area contributed by atoms with Crippen molar-refractivity contribution in [2.75, 3.05) is 6.54 Å². The number of carbonyl (C=O) groups excluding carboxylic acids is 1. The highest BCUT2D eigenvalue weighted by atomic mass is 79.9. The summed E-state index contributed by atoms with van der Waals surface area (Å²) < 4.78 is 0.864. The Morgan fingerprint density at radius 3 is 2.94 bits per heavy atom. The zero-order valence-electron chi connectivity index (χ0n) is 8.90. The average Bonchev–Trinajstić information content (AvgIpc) is 2.89. The first kappa shape index (κ1) is 10.3. The van der Waals surface area contributed by atoms with Crippen LogP contribution in [0.4, 0.5) is 0 Å². The maximum atomic E-state index is 12.3. The molecule has 1 aromatic heterocycles. The molecule has 0 radical (unpaired) electrons. The molecule has 0 aromatic carbocycles. The maximum Gasteiger partial charge on any atom is 0.255 e. The Bertz CT molecular complexity index is 435. The zero-order chi connectivity index (χ0) is 11.1. The van der Waals surface area contributed by atoms with Crippen molar-refractivity contribution in [1.29, 1.82) is 0 Å². The predicted octanol–water partition coefficient (Wildman–Crippen LogP) is 2.47. The number of hydrogen-bond donors (Lipinski definition) is 0. The second-order valence-corrected chi connectivity index (χ2v) is 5.60. The van der Waals surface area contributed by atoms with E-state index in [-0.39, 0.29) is 5.91 Å². The normalized spacial score (nSPS) is 27.4. The lowest BCUT2D eigenvalue weighted by Gasteiger charge is -2.26. The van der Waals surface area contributed by atoms with Gasteiger partial charge in [-0.3, -0.25) is 9.78 Å². The molecule has 2 heterocycles. The Labute approximate surface area is 103 Å². The van der Waals surface area contributed by atoms with Crippen LogP contribution in [0, 0.1) is 5.92 Å². The van der Waals surface area contributed by atoms with Crippen molar-refractivity contribution in [3.63, 3.8) is 0 Å². The van der Waals surface area contributed by atoms with Crippen molar-refractivity contribution in [2.24, 2.45) is 5.92 Å². The molecule has 1 aromatic rings. The summed E-state index contributed by atoms with van der Waals surface area (Å²) in [5, 5.41) is 0. The van der Waals surface area contributed by atoms with Crippen LogP contribution in [0.15, 0.2) is 22.9 Å². The number of halogens is 1.